The average Bonchev–Trinajstić information content (AvgIpc) is 2.60. The van der Waals surface area contributed by atoms with Crippen molar-refractivity contribution in [3.05, 3.63) is 11.4 Å². The molecule has 21 heavy (non-hydrogen) atoms. The first kappa shape index (κ1) is 16.1. The molecule has 4 nitrogen and oxygen atoms in total. The maximum Gasteiger partial charge on any atom is 0.137 e. The van der Waals surface area contributed by atoms with Gasteiger partial charge < -0.3 is 10.2 Å². The highest BCUT2D eigenvalue weighted by Crippen LogP contribution is 2.33. The number of hydrogen-bond donors (Lipinski definition) is 1. The van der Waals surface area contributed by atoms with Crippen LogP contribution >= 0.6 is 0 Å². The standard InChI is InChI=1S/C17H30N4/c1-12(2)14-19-15(18-6)13(3)16(20-14)21-10-7-8-17(4,5)9-11-21/h12H,7-11H2,1-6H3,(H,18,19,20). The van der Waals surface area contributed by atoms with Crippen LogP contribution in [0.15, 0.2) is 0 Å². The number of nitrogens with one attached hydrogen (secondary N) is 1. The number of anilines is 2. The van der Waals surface area contributed by atoms with E-state index in [0.717, 1.165) is 30.5 Å². The summed E-state index contributed by atoms with van der Waals surface area (Å²) in [7, 11) is 1.94. The molecule has 1 fully saturated rings. The highest BCUT2D eigenvalue weighted by atomic mass is 15.2. The van der Waals surface area contributed by atoms with Crippen molar-refractivity contribution in [2.75, 3.05) is 30.4 Å². The predicted molar refractivity (Wildman–Crippen MR) is 90.2 cm³/mol. The molecule has 1 saturated heterocycles. The topological polar surface area (TPSA) is 41.1 Å². The Morgan fingerprint density at radius 3 is 2.48 bits per heavy atom. The highest BCUT2D eigenvalue weighted by molar-refractivity contribution is 5.58. The molecule has 0 radical (unpaired) electrons. The minimum absolute atomic E-state index is 0.347. The molecule has 0 aromatic carbocycles. The Bertz CT molecular complexity index is 494. The minimum Gasteiger partial charge on any atom is -0.373 e. The Kier molecular flexibility index (Phi) is 4.74. The zero-order chi connectivity index (χ0) is 15.6. The first-order valence-electron chi connectivity index (χ1n) is 8.15. The molecule has 0 aliphatic carbocycles. The summed E-state index contributed by atoms with van der Waals surface area (Å²) in [4.78, 5) is 12.0. The molecule has 0 bridgehead atoms. The van der Waals surface area contributed by atoms with Gasteiger partial charge in [-0.05, 0) is 31.6 Å². The third kappa shape index (κ3) is 3.66. The summed E-state index contributed by atoms with van der Waals surface area (Å²) >= 11 is 0. The molecule has 2 heterocycles. The van der Waals surface area contributed by atoms with Crippen molar-refractivity contribution in [1.82, 2.24) is 9.97 Å². The van der Waals surface area contributed by atoms with Gasteiger partial charge in [0.1, 0.15) is 17.5 Å². The van der Waals surface area contributed by atoms with Crippen molar-refractivity contribution in [3.63, 3.8) is 0 Å². The van der Waals surface area contributed by atoms with Crippen LogP contribution in [-0.2, 0) is 0 Å². The van der Waals surface area contributed by atoms with Crippen LogP contribution in [0.4, 0.5) is 11.6 Å². The lowest BCUT2D eigenvalue weighted by Gasteiger charge is -2.26. The van der Waals surface area contributed by atoms with E-state index in [4.69, 9.17) is 4.98 Å². The normalized spacial score (nSPS) is 18.7. The molecule has 4 heteroatoms. The smallest absolute Gasteiger partial charge is 0.137 e. The maximum absolute atomic E-state index is 4.87. The number of rotatable bonds is 3. The number of nitrogens with zero attached hydrogens (tertiary/aromatic N) is 3. The van der Waals surface area contributed by atoms with Gasteiger partial charge in [0.2, 0.25) is 0 Å². The van der Waals surface area contributed by atoms with Crippen molar-refractivity contribution < 1.29 is 0 Å². The summed E-state index contributed by atoms with van der Waals surface area (Å²) < 4.78 is 0. The Morgan fingerprint density at radius 1 is 1.14 bits per heavy atom. The van der Waals surface area contributed by atoms with E-state index in [-0.39, 0.29) is 0 Å². The number of hydrogen-bond acceptors (Lipinski definition) is 4. The summed E-state index contributed by atoms with van der Waals surface area (Å²) in [6.45, 7) is 13.4. The largest absolute Gasteiger partial charge is 0.373 e. The highest BCUT2D eigenvalue weighted by Gasteiger charge is 2.25. The number of aromatic nitrogens is 2. The average molecular weight is 290 g/mol. The van der Waals surface area contributed by atoms with E-state index in [1.165, 1.54) is 24.8 Å². The van der Waals surface area contributed by atoms with Crippen LogP contribution in [0.3, 0.4) is 0 Å². The van der Waals surface area contributed by atoms with E-state index < -0.39 is 0 Å². The molecule has 118 valence electrons. The van der Waals surface area contributed by atoms with Crippen LogP contribution in [-0.4, -0.2) is 30.1 Å². The Balaban J connectivity index is 2.35. The molecule has 0 atom stereocenters. The first-order chi connectivity index (χ1) is 9.84. The van der Waals surface area contributed by atoms with Gasteiger partial charge in [-0.1, -0.05) is 27.7 Å². The molecule has 1 aromatic rings. The minimum atomic E-state index is 0.347. The quantitative estimate of drug-likeness (QED) is 0.914. The van der Waals surface area contributed by atoms with Gasteiger partial charge >= 0.3 is 0 Å². The molecule has 1 aliphatic rings. The van der Waals surface area contributed by atoms with Crippen molar-refractivity contribution >= 4 is 11.6 Å². The third-order valence-electron chi connectivity index (χ3n) is 4.53. The Labute approximate surface area is 129 Å². The van der Waals surface area contributed by atoms with Crippen molar-refractivity contribution in [1.29, 1.82) is 0 Å². The van der Waals surface area contributed by atoms with Crippen LogP contribution in [0, 0.1) is 12.3 Å². The summed E-state index contributed by atoms with van der Waals surface area (Å²) in [5.74, 6) is 3.37. The van der Waals surface area contributed by atoms with E-state index >= 15 is 0 Å². The van der Waals surface area contributed by atoms with E-state index in [1.807, 2.05) is 7.05 Å². The van der Waals surface area contributed by atoms with Crippen LogP contribution in [0.25, 0.3) is 0 Å². The van der Waals surface area contributed by atoms with Gasteiger partial charge in [0.25, 0.3) is 0 Å². The van der Waals surface area contributed by atoms with Crippen LogP contribution in [0.5, 0.6) is 0 Å². The molecule has 1 aliphatic heterocycles. The fraction of sp³-hybridized carbons (Fsp3) is 0.765. The lowest BCUT2D eigenvalue weighted by Crippen LogP contribution is -2.28. The van der Waals surface area contributed by atoms with E-state index in [2.05, 4.69) is 49.8 Å². The third-order valence-corrected chi connectivity index (χ3v) is 4.53. The van der Waals surface area contributed by atoms with Crippen molar-refractivity contribution in [3.8, 4) is 0 Å². The molecule has 0 unspecified atom stereocenters. The SMILES string of the molecule is CNc1nc(C(C)C)nc(N2CCCC(C)(C)CC2)c1C. The summed E-state index contributed by atoms with van der Waals surface area (Å²) in [6, 6.07) is 0. The van der Waals surface area contributed by atoms with E-state index in [0.29, 0.717) is 11.3 Å². The second-order valence-electron chi connectivity index (χ2n) is 7.29. The fourth-order valence-corrected chi connectivity index (χ4v) is 2.97. The lowest BCUT2D eigenvalue weighted by atomic mass is 9.85. The molecule has 0 saturated carbocycles. The zero-order valence-corrected chi connectivity index (χ0v) is 14.5. The summed E-state index contributed by atoms with van der Waals surface area (Å²) in [6.07, 6.45) is 3.76. The second kappa shape index (κ2) is 6.20. The monoisotopic (exact) mass is 290 g/mol. The Hall–Kier alpha value is -1.32. The molecule has 1 aromatic heterocycles. The molecular formula is C17H30N4. The van der Waals surface area contributed by atoms with Crippen molar-refractivity contribution in [2.24, 2.45) is 5.41 Å². The van der Waals surface area contributed by atoms with E-state index in [9.17, 15) is 0 Å². The summed E-state index contributed by atoms with van der Waals surface area (Å²) in [5.41, 5.74) is 1.61. The lowest BCUT2D eigenvalue weighted by molar-refractivity contribution is 0.325. The van der Waals surface area contributed by atoms with Crippen LogP contribution in [0.1, 0.15) is 64.3 Å². The van der Waals surface area contributed by atoms with E-state index in [1.54, 1.807) is 0 Å². The van der Waals surface area contributed by atoms with Gasteiger partial charge in [0.05, 0.1) is 0 Å². The van der Waals surface area contributed by atoms with Crippen LogP contribution < -0.4 is 10.2 Å². The van der Waals surface area contributed by atoms with Gasteiger partial charge in [0, 0.05) is 31.6 Å². The molecule has 0 spiro atoms. The maximum atomic E-state index is 4.87. The summed E-state index contributed by atoms with van der Waals surface area (Å²) in [5, 5.41) is 3.22. The fourth-order valence-electron chi connectivity index (χ4n) is 2.97. The molecule has 2 rings (SSSR count). The molecule has 0 amide bonds. The first-order valence-corrected chi connectivity index (χ1v) is 8.15. The molecular weight excluding hydrogens is 260 g/mol. The molecule has 1 N–H and O–H groups in total. The Morgan fingerprint density at radius 2 is 1.86 bits per heavy atom. The van der Waals surface area contributed by atoms with Gasteiger partial charge in [-0.15, -0.1) is 0 Å². The van der Waals surface area contributed by atoms with Gasteiger partial charge in [0.15, 0.2) is 0 Å². The van der Waals surface area contributed by atoms with Gasteiger partial charge in [-0.25, -0.2) is 9.97 Å². The van der Waals surface area contributed by atoms with Crippen LogP contribution in [0.2, 0.25) is 0 Å². The second-order valence-corrected chi connectivity index (χ2v) is 7.29. The predicted octanol–water partition coefficient (Wildman–Crippen LogP) is 3.97. The van der Waals surface area contributed by atoms with Gasteiger partial charge in [-0.2, -0.15) is 0 Å². The zero-order valence-electron chi connectivity index (χ0n) is 14.5. The van der Waals surface area contributed by atoms with Crippen molar-refractivity contribution in [2.45, 2.75) is 59.8 Å². The van der Waals surface area contributed by atoms with Gasteiger partial charge in [-0.3, -0.25) is 0 Å².